The zero-order valence-electron chi connectivity index (χ0n) is 18.6. The van der Waals surface area contributed by atoms with E-state index in [0.717, 1.165) is 47.9 Å². The summed E-state index contributed by atoms with van der Waals surface area (Å²) in [5.74, 6) is 0.783. The number of hydrogen-bond donors (Lipinski definition) is 1. The van der Waals surface area contributed by atoms with Crippen molar-refractivity contribution >= 4 is 50.8 Å². The summed E-state index contributed by atoms with van der Waals surface area (Å²) >= 11 is 9.02. The first-order chi connectivity index (χ1) is 15.4. The van der Waals surface area contributed by atoms with Gasteiger partial charge in [-0.1, -0.05) is 43.6 Å². The summed E-state index contributed by atoms with van der Waals surface area (Å²) in [7, 11) is 0. The van der Waals surface area contributed by atoms with Crippen LogP contribution in [-0.4, -0.2) is 27.3 Å². The number of aryl methyl sites for hydroxylation is 1. The number of hydrogen-bond acceptors (Lipinski definition) is 5. The van der Waals surface area contributed by atoms with Gasteiger partial charge in [-0.25, -0.2) is 4.98 Å². The lowest BCUT2D eigenvalue weighted by atomic mass is 9.89. The zero-order valence-corrected chi connectivity index (χ0v) is 21.0. The molecule has 1 aromatic carbocycles. The molecule has 0 fully saturated rings. The van der Waals surface area contributed by atoms with Gasteiger partial charge in [-0.3, -0.25) is 14.2 Å². The molecular weight excluding hydrogens is 462 g/mol. The average Bonchev–Trinajstić information content (AvgIpc) is 3.11. The molecule has 0 saturated heterocycles. The van der Waals surface area contributed by atoms with Crippen molar-refractivity contribution in [2.24, 2.45) is 5.92 Å². The summed E-state index contributed by atoms with van der Waals surface area (Å²) in [4.78, 5) is 33.2. The topological polar surface area (TPSA) is 64.0 Å². The lowest BCUT2D eigenvalue weighted by Crippen LogP contribution is -2.34. The fourth-order valence-electron chi connectivity index (χ4n) is 4.24. The number of amides is 1. The Bertz CT molecular complexity index is 1190. The van der Waals surface area contributed by atoms with Gasteiger partial charge in [-0.15, -0.1) is 11.3 Å². The van der Waals surface area contributed by atoms with Crippen molar-refractivity contribution in [3.05, 3.63) is 50.1 Å². The molecule has 32 heavy (non-hydrogen) atoms. The van der Waals surface area contributed by atoms with Crippen LogP contribution in [-0.2, 0) is 17.6 Å². The Morgan fingerprint density at radius 3 is 2.84 bits per heavy atom. The van der Waals surface area contributed by atoms with E-state index >= 15 is 0 Å². The van der Waals surface area contributed by atoms with Gasteiger partial charge in [0.15, 0.2) is 5.16 Å². The summed E-state index contributed by atoms with van der Waals surface area (Å²) in [5.41, 5.74) is 1.80. The molecule has 1 aliphatic carbocycles. The van der Waals surface area contributed by atoms with Crippen molar-refractivity contribution in [1.82, 2.24) is 14.9 Å². The number of halogens is 1. The molecule has 8 heteroatoms. The fraction of sp³-hybridized carbons (Fsp3) is 0.458. The Morgan fingerprint density at radius 1 is 1.38 bits per heavy atom. The Hall–Kier alpha value is -1.83. The van der Waals surface area contributed by atoms with E-state index in [2.05, 4.69) is 19.2 Å². The van der Waals surface area contributed by atoms with Gasteiger partial charge in [0.25, 0.3) is 5.56 Å². The zero-order chi connectivity index (χ0) is 22.8. The van der Waals surface area contributed by atoms with E-state index in [-0.39, 0.29) is 23.3 Å². The van der Waals surface area contributed by atoms with Crippen LogP contribution in [0, 0.1) is 5.92 Å². The molecule has 0 bridgehead atoms. The molecule has 0 spiro atoms. The van der Waals surface area contributed by atoms with Crippen LogP contribution >= 0.6 is 34.7 Å². The van der Waals surface area contributed by atoms with Crippen molar-refractivity contribution in [2.75, 3.05) is 5.75 Å². The van der Waals surface area contributed by atoms with E-state index in [1.807, 2.05) is 19.1 Å². The first-order valence-electron chi connectivity index (χ1n) is 11.1. The van der Waals surface area contributed by atoms with Crippen LogP contribution in [0.4, 0.5) is 0 Å². The van der Waals surface area contributed by atoms with E-state index < -0.39 is 0 Å². The Labute approximate surface area is 201 Å². The molecule has 4 rings (SSSR count). The number of rotatable bonds is 7. The van der Waals surface area contributed by atoms with E-state index in [9.17, 15) is 9.59 Å². The SMILES string of the molecule is CCCC(C)NC(=O)CSc1nc2sc3c(c2c(=O)n1-c1ccc(Cl)cc1)CCC(C)C3. The molecule has 1 amide bonds. The number of carbonyl (C=O) groups excluding carboxylic acids is 1. The number of aromatic nitrogens is 2. The lowest BCUT2D eigenvalue weighted by Gasteiger charge is -2.18. The van der Waals surface area contributed by atoms with Crippen molar-refractivity contribution < 1.29 is 4.79 Å². The lowest BCUT2D eigenvalue weighted by molar-refractivity contribution is -0.119. The highest BCUT2D eigenvalue weighted by Crippen LogP contribution is 2.37. The van der Waals surface area contributed by atoms with E-state index in [4.69, 9.17) is 16.6 Å². The van der Waals surface area contributed by atoms with Gasteiger partial charge >= 0.3 is 0 Å². The molecule has 5 nitrogen and oxygen atoms in total. The third kappa shape index (κ3) is 4.90. The van der Waals surface area contributed by atoms with E-state index in [1.54, 1.807) is 28.0 Å². The molecule has 170 valence electrons. The molecule has 2 aromatic heterocycles. The Kier molecular flexibility index (Phi) is 7.27. The van der Waals surface area contributed by atoms with Gasteiger partial charge in [0.1, 0.15) is 4.83 Å². The molecule has 2 atom stereocenters. The molecule has 2 unspecified atom stereocenters. The van der Waals surface area contributed by atoms with Crippen molar-refractivity contribution in [1.29, 1.82) is 0 Å². The highest BCUT2D eigenvalue weighted by molar-refractivity contribution is 7.99. The number of thiophene rings is 1. The minimum Gasteiger partial charge on any atom is -0.353 e. The van der Waals surface area contributed by atoms with Gasteiger partial charge in [0.05, 0.1) is 16.8 Å². The van der Waals surface area contributed by atoms with Crippen LogP contribution in [0.2, 0.25) is 5.02 Å². The molecule has 0 saturated carbocycles. The molecule has 1 N–H and O–H groups in total. The molecular formula is C24H28ClN3O2S2. The van der Waals surface area contributed by atoms with Crippen LogP contribution in [0.3, 0.4) is 0 Å². The van der Waals surface area contributed by atoms with Crippen LogP contribution in [0.15, 0.2) is 34.2 Å². The maximum Gasteiger partial charge on any atom is 0.267 e. The summed E-state index contributed by atoms with van der Waals surface area (Å²) < 4.78 is 1.64. The summed E-state index contributed by atoms with van der Waals surface area (Å²) in [6.07, 6.45) is 4.96. The van der Waals surface area contributed by atoms with Crippen molar-refractivity contribution in [3.63, 3.8) is 0 Å². The Balaban J connectivity index is 1.75. The summed E-state index contributed by atoms with van der Waals surface area (Å²) in [6, 6.07) is 7.32. The second kappa shape index (κ2) is 9.98. The van der Waals surface area contributed by atoms with Gasteiger partial charge in [0.2, 0.25) is 5.91 Å². The highest BCUT2D eigenvalue weighted by Gasteiger charge is 2.25. The third-order valence-electron chi connectivity index (χ3n) is 5.84. The van der Waals surface area contributed by atoms with Crippen molar-refractivity contribution in [3.8, 4) is 5.69 Å². The van der Waals surface area contributed by atoms with Gasteiger partial charge < -0.3 is 5.32 Å². The smallest absolute Gasteiger partial charge is 0.267 e. The van der Waals surface area contributed by atoms with Crippen LogP contribution in [0.1, 0.15) is 50.5 Å². The monoisotopic (exact) mass is 489 g/mol. The van der Waals surface area contributed by atoms with Crippen molar-refractivity contribution in [2.45, 2.75) is 64.1 Å². The van der Waals surface area contributed by atoms with Crippen LogP contribution in [0.25, 0.3) is 15.9 Å². The largest absolute Gasteiger partial charge is 0.353 e. The second-order valence-electron chi connectivity index (χ2n) is 8.59. The maximum absolute atomic E-state index is 13.7. The standard InChI is InChI=1S/C24H28ClN3O2S2/c1-4-5-15(3)26-20(29)13-31-24-27-22-21(18-11-6-14(2)12-19(18)32-22)23(30)28(24)17-9-7-16(25)8-10-17/h7-10,14-15H,4-6,11-13H2,1-3H3,(H,26,29). The second-order valence-corrected chi connectivity index (χ2v) is 11.1. The predicted octanol–water partition coefficient (Wildman–Crippen LogP) is 5.62. The quantitative estimate of drug-likeness (QED) is 0.345. The van der Waals surface area contributed by atoms with Gasteiger partial charge in [0, 0.05) is 15.9 Å². The van der Waals surface area contributed by atoms with Crippen LogP contribution < -0.4 is 10.9 Å². The summed E-state index contributed by atoms with van der Waals surface area (Å²) in [6.45, 7) is 6.37. The van der Waals surface area contributed by atoms with E-state index in [1.165, 1.54) is 16.6 Å². The molecule has 2 heterocycles. The van der Waals surface area contributed by atoms with E-state index in [0.29, 0.717) is 21.8 Å². The number of thioether (sulfide) groups is 1. The fourth-order valence-corrected chi connectivity index (χ4v) is 6.61. The number of nitrogens with zero attached hydrogens (tertiary/aromatic N) is 2. The van der Waals surface area contributed by atoms with Crippen LogP contribution in [0.5, 0.6) is 0 Å². The predicted molar refractivity (Wildman–Crippen MR) is 135 cm³/mol. The molecule has 1 aliphatic rings. The first-order valence-corrected chi connectivity index (χ1v) is 13.3. The van der Waals surface area contributed by atoms with Gasteiger partial charge in [-0.2, -0.15) is 0 Å². The average molecular weight is 490 g/mol. The molecule has 3 aromatic rings. The number of carbonyl (C=O) groups is 1. The minimum absolute atomic E-state index is 0.0488. The third-order valence-corrected chi connectivity index (χ3v) is 8.18. The normalized spacial score (nSPS) is 16.7. The van der Waals surface area contributed by atoms with Gasteiger partial charge in [-0.05, 0) is 68.4 Å². The maximum atomic E-state index is 13.7. The minimum atomic E-state index is -0.0633. The number of nitrogens with one attached hydrogen (secondary N) is 1. The number of benzene rings is 1. The molecule has 0 aliphatic heterocycles. The number of fused-ring (bicyclic) bond motifs is 3. The first kappa shape index (κ1) is 23.3. The Morgan fingerprint density at radius 2 is 2.12 bits per heavy atom. The molecule has 0 radical (unpaired) electrons. The highest BCUT2D eigenvalue weighted by atomic mass is 35.5. The summed E-state index contributed by atoms with van der Waals surface area (Å²) in [5, 5.41) is 4.90.